The number of hydrogen-bond donors (Lipinski definition) is 0. The van der Waals surface area contributed by atoms with Gasteiger partial charge in [0.15, 0.2) is 0 Å². The molecule has 2 aromatic heterocycles. The van der Waals surface area contributed by atoms with Crippen LogP contribution in [-0.2, 0) is 0 Å². The average molecular weight is 300 g/mol. The monoisotopic (exact) mass is 299 g/mol. The Bertz CT molecular complexity index is 853. The van der Waals surface area contributed by atoms with Gasteiger partial charge in [0, 0.05) is 11.2 Å². The van der Waals surface area contributed by atoms with E-state index < -0.39 is 5.95 Å². The summed E-state index contributed by atoms with van der Waals surface area (Å²) in [5.41, 5.74) is 1.45. The molecule has 3 rings (SSSR count). The normalized spacial score (nSPS) is 10.3. The maximum Gasteiger partial charge on any atom is 0.222 e. The molecular formula is C14H7ClFN5. The van der Waals surface area contributed by atoms with Gasteiger partial charge in [0.25, 0.3) is 0 Å². The molecule has 0 radical (unpaired) electrons. The predicted molar refractivity (Wildman–Crippen MR) is 74.3 cm³/mol. The van der Waals surface area contributed by atoms with Gasteiger partial charge in [-0.1, -0.05) is 16.8 Å². The fourth-order valence-corrected chi connectivity index (χ4v) is 2.05. The van der Waals surface area contributed by atoms with Crippen LogP contribution in [-0.4, -0.2) is 20.0 Å². The molecule has 5 nitrogen and oxygen atoms in total. The van der Waals surface area contributed by atoms with Crippen LogP contribution in [0.4, 0.5) is 4.39 Å². The lowest BCUT2D eigenvalue weighted by Gasteiger charge is -2.02. The van der Waals surface area contributed by atoms with Crippen molar-refractivity contribution in [1.82, 2.24) is 20.0 Å². The van der Waals surface area contributed by atoms with Crippen LogP contribution in [0.15, 0.2) is 42.7 Å². The minimum Gasteiger partial charge on any atom is -0.228 e. The number of pyridine rings is 1. The topological polar surface area (TPSA) is 67.4 Å². The zero-order valence-corrected chi connectivity index (χ0v) is 11.3. The molecule has 0 aliphatic rings. The van der Waals surface area contributed by atoms with Gasteiger partial charge in [0.1, 0.15) is 11.8 Å². The summed E-state index contributed by atoms with van der Waals surface area (Å²) in [6.07, 6.45) is 2.89. The standard InChI is InChI=1S/C14H7ClFN5/c15-10-3-4-13(9(6-10)7-17)21-8-12(19-20-21)11-2-1-5-18-14(11)16/h1-6,8H. The summed E-state index contributed by atoms with van der Waals surface area (Å²) in [5, 5.41) is 17.4. The molecule has 1 aromatic carbocycles. The maximum atomic E-state index is 13.6. The zero-order chi connectivity index (χ0) is 14.8. The number of nitrogens with zero attached hydrogens (tertiary/aromatic N) is 5. The first-order valence-electron chi connectivity index (χ1n) is 5.92. The third-order valence-corrected chi connectivity index (χ3v) is 3.09. The molecule has 0 bridgehead atoms. The molecule has 0 atom stereocenters. The van der Waals surface area contributed by atoms with Crippen molar-refractivity contribution in [2.24, 2.45) is 0 Å². The number of halogens is 2. The first-order valence-corrected chi connectivity index (χ1v) is 6.30. The molecule has 21 heavy (non-hydrogen) atoms. The highest BCUT2D eigenvalue weighted by atomic mass is 35.5. The van der Waals surface area contributed by atoms with Crippen LogP contribution in [0.2, 0.25) is 5.02 Å². The van der Waals surface area contributed by atoms with Gasteiger partial charge >= 0.3 is 0 Å². The first-order chi connectivity index (χ1) is 10.2. The summed E-state index contributed by atoms with van der Waals surface area (Å²) in [5.74, 6) is -0.624. The Kier molecular flexibility index (Phi) is 3.34. The molecule has 0 aliphatic heterocycles. The number of rotatable bonds is 2. The van der Waals surface area contributed by atoms with Crippen LogP contribution in [0.3, 0.4) is 0 Å². The van der Waals surface area contributed by atoms with E-state index in [9.17, 15) is 4.39 Å². The fraction of sp³-hybridized carbons (Fsp3) is 0. The summed E-state index contributed by atoms with van der Waals surface area (Å²) in [7, 11) is 0. The summed E-state index contributed by atoms with van der Waals surface area (Å²) >= 11 is 5.85. The molecule has 0 N–H and O–H groups in total. The van der Waals surface area contributed by atoms with Crippen LogP contribution < -0.4 is 0 Å². The van der Waals surface area contributed by atoms with Crippen molar-refractivity contribution in [2.75, 3.05) is 0 Å². The highest BCUT2D eigenvalue weighted by molar-refractivity contribution is 6.30. The van der Waals surface area contributed by atoms with Crippen molar-refractivity contribution in [3.63, 3.8) is 0 Å². The van der Waals surface area contributed by atoms with E-state index in [1.807, 2.05) is 6.07 Å². The van der Waals surface area contributed by atoms with E-state index in [4.69, 9.17) is 16.9 Å². The summed E-state index contributed by atoms with van der Waals surface area (Å²) in [6, 6.07) is 10.0. The van der Waals surface area contributed by atoms with Crippen molar-refractivity contribution in [1.29, 1.82) is 5.26 Å². The lowest BCUT2D eigenvalue weighted by atomic mass is 10.2. The number of benzene rings is 1. The van der Waals surface area contributed by atoms with Crippen molar-refractivity contribution in [3.8, 4) is 23.0 Å². The summed E-state index contributed by atoms with van der Waals surface area (Å²) < 4.78 is 15.0. The molecule has 0 fully saturated rings. The zero-order valence-electron chi connectivity index (χ0n) is 10.5. The van der Waals surface area contributed by atoms with Crippen molar-refractivity contribution < 1.29 is 4.39 Å². The van der Waals surface area contributed by atoms with Gasteiger partial charge < -0.3 is 0 Å². The van der Waals surface area contributed by atoms with Crippen molar-refractivity contribution >= 4 is 11.6 Å². The highest BCUT2D eigenvalue weighted by Gasteiger charge is 2.12. The Morgan fingerprint density at radius 1 is 1.29 bits per heavy atom. The second-order valence-corrected chi connectivity index (χ2v) is 4.60. The molecule has 0 amide bonds. The lowest BCUT2D eigenvalue weighted by molar-refractivity contribution is 0.587. The van der Waals surface area contributed by atoms with Crippen LogP contribution in [0.1, 0.15) is 5.56 Å². The minimum atomic E-state index is -0.624. The molecule has 3 aromatic rings. The van der Waals surface area contributed by atoms with E-state index >= 15 is 0 Å². The molecule has 0 aliphatic carbocycles. The van der Waals surface area contributed by atoms with E-state index in [0.29, 0.717) is 22.0 Å². The molecule has 0 saturated heterocycles. The SMILES string of the molecule is N#Cc1cc(Cl)ccc1-n1cc(-c2cccnc2F)nn1. The number of hydrogen-bond acceptors (Lipinski definition) is 4. The average Bonchev–Trinajstić information content (AvgIpc) is 2.97. The van der Waals surface area contributed by atoms with Gasteiger partial charge in [-0.15, -0.1) is 5.10 Å². The smallest absolute Gasteiger partial charge is 0.222 e. The van der Waals surface area contributed by atoms with Crippen molar-refractivity contribution in [3.05, 3.63) is 59.3 Å². The number of nitriles is 1. The molecule has 0 unspecified atom stereocenters. The minimum absolute atomic E-state index is 0.247. The summed E-state index contributed by atoms with van der Waals surface area (Å²) in [4.78, 5) is 3.57. The molecule has 7 heteroatoms. The van der Waals surface area contributed by atoms with Gasteiger partial charge in [0.2, 0.25) is 5.95 Å². The third kappa shape index (κ3) is 2.47. The molecule has 0 saturated carbocycles. The molecule has 102 valence electrons. The Hall–Kier alpha value is -2.78. The highest BCUT2D eigenvalue weighted by Crippen LogP contribution is 2.22. The van der Waals surface area contributed by atoms with E-state index in [1.165, 1.54) is 23.1 Å². The van der Waals surface area contributed by atoms with Crippen LogP contribution >= 0.6 is 11.6 Å². The molecule has 0 spiro atoms. The van der Waals surface area contributed by atoms with E-state index in [2.05, 4.69) is 15.3 Å². The second-order valence-electron chi connectivity index (χ2n) is 4.16. The fourth-order valence-electron chi connectivity index (χ4n) is 1.88. The van der Waals surface area contributed by atoms with Crippen LogP contribution in [0.5, 0.6) is 0 Å². The van der Waals surface area contributed by atoms with E-state index in [0.717, 1.165) is 0 Å². The molecular weight excluding hydrogens is 293 g/mol. The maximum absolute atomic E-state index is 13.6. The Balaban J connectivity index is 2.08. The van der Waals surface area contributed by atoms with Crippen LogP contribution in [0.25, 0.3) is 16.9 Å². The Morgan fingerprint density at radius 2 is 2.14 bits per heavy atom. The van der Waals surface area contributed by atoms with Crippen LogP contribution in [0, 0.1) is 17.3 Å². The third-order valence-electron chi connectivity index (χ3n) is 2.85. The number of aromatic nitrogens is 4. The van der Waals surface area contributed by atoms with Gasteiger partial charge in [-0.2, -0.15) is 9.65 Å². The summed E-state index contributed by atoms with van der Waals surface area (Å²) in [6.45, 7) is 0. The van der Waals surface area contributed by atoms with Gasteiger partial charge in [-0.25, -0.2) is 9.67 Å². The second kappa shape index (κ2) is 5.31. The largest absolute Gasteiger partial charge is 0.228 e. The Morgan fingerprint density at radius 3 is 2.90 bits per heavy atom. The predicted octanol–water partition coefficient (Wildman–Crippen LogP) is 2.99. The molecule has 2 heterocycles. The Labute approximate surface area is 124 Å². The quantitative estimate of drug-likeness (QED) is 0.682. The van der Waals surface area contributed by atoms with E-state index in [1.54, 1.807) is 24.3 Å². The van der Waals surface area contributed by atoms with Gasteiger partial charge in [-0.05, 0) is 30.3 Å². The first kappa shape index (κ1) is 13.2. The lowest BCUT2D eigenvalue weighted by Crippen LogP contribution is -1.98. The van der Waals surface area contributed by atoms with Gasteiger partial charge in [-0.3, -0.25) is 0 Å². The van der Waals surface area contributed by atoms with Crippen molar-refractivity contribution in [2.45, 2.75) is 0 Å². The van der Waals surface area contributed by atoms with Gasteiger partial charge in [0.05, 0.1) is 23.0 Å². The van der Waals surface area contributed by atoms with E-state index in [-0.39, 0.29) is 5.56 Å².